The monoisotopic (exact) mass is 341 g/mol. The molecular weight excluding hydrogens is 334 g/mol. The van der Waals surface area contributed by atoms with Gasteiger partial charge in [-0.2, -0.15) is 0 Å². The lowest BCUT2D eigenvalue weighted by Gasteiger charge is -2.06. The van der Waals surface area contributed by atoms with Gasteiger partial charge in [0.25, 0.3) is 0 Å². The molecule has 82 valence electrons. The second kappa shape index (κ2) is 5.41. The number of rotatable bonds is 3. The van der Waals surface area contributed by atoms with Crippen molar-refractivity contribution in [1.82, 2.24) is 9.97 Å². The fourth-order valence-corrected chi connectivity index (χ4v) is 2.08. The summed E-state index contributed by atoms with van der Waals surface area (Å²) in [4.78, 5) is 8.04. The van der Waals surface area contributed by atoms with Gasteiger partial charge in [0.05, 0.1) is 4.47 Å². The number of anilines is 1. The van der Waals surface area contributed by atoms with Gasteiger partial charge >= 0.3 is 0 Å². The van der Waals surface area contributed by atoms with Gasteiger partial charge in [0.2, 0.25) is 0 Å². The van der Waals surface area contributed by atoms with E-state index in [4.69, 9.17) is 0 Å². The predicted molar refractivity (Wildman–Crippen MR) is 71.2 cm³/mol. The van der Waals surface area contributed by atoms with Crippen LogP contribution in [0.25, 0.3) is 0 Å². The summed E-state index contributed by atoms with van der Waals surface area (Å²) >= 11 is 6.83. The maximum absolute atomic E-state index is 4.13. The van der Waals surface area contributed by atoms with Crippen LogP contribution in [-0.2, 0) is 6.54 Å². The van der Waals surface area contributed by atoms with Crippen LogP contribution in [0.15, 0.2) is 45.7 Å². The molecule has 0 unspecified atom stereocenters. The maximum Gasteiger partial charge on any atom is 0.144 e. The Hall–Kier alpha value is -0.940. The summed E-state index contributed by atoms with van der Waals surface area (Å²) in [6.07, 6.45) is 3.24. The minimum absolute atomic E-state index is 0.731. The van der Waals surface area contributed by atoms with Gasteiger partial charge in [-0.05, 0) is 33.6 Å². The van der Waals surface area contributed by atoms with Crippen LogP contribution in [0.3, 0.4) is 0 Å². The van der Waals surface area contributed by atoms with Gasteiger partial charge in [-0.25, -0.2) is 9.97 Å². The zero-order chi connectivity index (χ0) is 11.4. The number of hydrogen-bond acceptors (Lipinski definition) is 3. The lowest BCUT2D eigenvalue weighted by molar-refractivity contribution is 1.07. The van der Waals surface area contributed by atoms with Crippen molar-refractivity contribution in [2.24, 2.45) is 0 Å². The Kier molecular flexibility index (Phi) is 3.90. The molecule has 1 N–H and O–H groups in total. The van der Waals surface area contributed by atoms with Crippen LogP contribution in [0.1, 0.15) is 5.56 Å². The smallest absolute Gasteiger partial charge is 0.144 e. The van der Waals surface area contributed by atoms with Crippen molar-refractivity contribution in [2.45, 2.75) is 6.54 Å². The van der Waals surface area contributed by atoms with Crippen molar-refractivity contribution in [3.05, 3.63) is 51.3 Å². The summed E-state index contributed by atoms with van der Waals surface area (Å²) in [6, 6.07) is 8.15. The number of halogens is 2. The van der Waals surface area contributed by atoms with Gasteiger partial charge in [0.1, 0.15) is 12.1 Å². The van der Waals surface area contributed by atoms with Crippen LogP contribution in [0.4, 0.5) is 5.82 Å². The van der Waals surface area contributed by atoms with Crippen molar-refractivity contribution in [1.29, 1.82) is 0 Å². The molecule has 0 aliphatic heterocycles. The summed E-state index contributed by atoms with van der Waals surface area (Å²) in [7, 11) is 0. The average Bonchev–Trinajstić information content (AvgIpc) is 2.28. The molecule has 0 spiro atoms. The number of nitrogens with one attached hydrogen (secondary N) is 1. The van der Waals surface area contributed by atoms with E-state index in [1.165, 1.54) is 11.9 Å². The Morgan fingerprint density at radius 1 is 1.25 bits per heavy atom. The van der Waals surface area contributed by atoms with Gasteiger partial charge in [0, 0.05) is 17.2 Å². The minimum Gasteiger partial charge on any atom is -0.365 e. The zero-order valence-corrected chi connectivity index (χ0v) is 11.5. The van der Waals surface area contributed by atoms with Gasteiger partial charge in [-0.15, -0.1) is 0 Å². The molecule has 1 aromatic carbocycles. The largest absolute Gasteiger partial charge is 0.365 e. The molecule has 0 atom stereocenters. The standard InChI is InChI=1S/C11H9Br2N3/c12-9-3-1-2-8(4-9)5-15-11-10(13)6-14-7-16-11/h1-4,6-7H,5H2,(H,14,15,16). The molecule has 1 heterocycles. The Bertz CT molecular complexity index is 488. The van der Waals surface area contributed by atoms with Crippen LogP contribution in [0, 0.1) is 0 Å². The summed E-state index contributed by atoms with van der Waals surface area (Å²) in [5, 5.41) is 3.24. The number of aromatic nitrogens is 2. The molecule has 0 aliphatic rings. The van der Waals surface area contributed by atoms with Gasteiger partial charge in [-0.1, -0.05) is 28.1 Å². The molecule has 0 fully saturated rings. The molecule has 2 aromatic rings. The molecule has 0 amide bonds. The highest BCUT2D eigenvalue weighted by Gasteiger charge is 2.00. The van der Waals surface area contributed by atoms with E-state index in [9.17, 15) is 0 Å². The first-order chi connectivity index (χ1) is 7.75. The molecule has 2 rings (SSSR count). The number of benzene rings is 1. The maximum atomic E-state index is 4.13. The summed E-state index contributed by atoms with van der Waals surface area (Å²) in [5.41, 5.74) is 1.19. The quantitative estimate of drug-likeness (QED) is 0.925. The molecule has 0 radical (unpaired) electrons. The number of hydrogen-bond donors (Lipinski definition) is 1. The summed E-state index contributed by atoms with van der Waals surface area (Å²) in [6.45, 7) is 0.731. The molecule has 0 bridgehead atoms. The molecule has 0 aliphatic carbocycles. The Morgan fingerprint density at radius 2 is 2.12 bits per heavy atom. The van der Waals surface area contributed by atoms with Crippen molar-refractivity contribution in [2.75, 3.05) is 5.32 Å². The van der Waals surface area contributed by atoms with E-state index in [0.29, 0.717) is 0 Å². The third-order valence-corrected chi connectivity index (χ3v) is 3.09. The van der Waals surface area contributed by atoms with Gasteiger partial charge in [-0.3, -0.25) is 0 Å². The third kappa shape index (κ3) is 3.02. The molecule has 16 heavy (non-hydrogen) atoms. The Labute approximate surface area is 111 Å². The Morgan fingerprint density at radius 3 is 2.88 bits per heavy atom. The summed E-state index contributed by atoms with van der Waals surface area (Å²) < 4.78 is 1.94. The lowest BCUT2D eigenvalue weighted by Crippen LogP contribution is -2.02. The minimum atomic E-state index is 0.731. The van der Waals surface area contributed by atoms with Crippen LogP contribution < -0.4 is 5.32 Å². The van der Waals surface area contributed by atoms with Crippen LogP contribution in [-0.4, -0.2) is 9.97 Å². The molecule has 1 aromatic heterocycles. The first kappa shape index (κ1) is 11.5. The van der Waals surface area contributed by atoms with Crippen LogP contribution in [0.2, 0.25) is 0 Å². The van der Waals surface area contributed by atoms with Crippen LogP contribution in [0.5, 0.6) is 0 Å². The lowest BCUT2D eigenvalue weighted by atomic mass is 10.2. The normalized spacial score (nSPS) is 10.1. The predicted octanol–water partition coefficient (Wildman–Crippen LogP) is 3.61. The van der Waals surface area contributed by atoms with Crippen molar-refractivity contribution < 1.29 is 0 Å². The fraction of sp³-hybridized carbons (Fsp3) is 0.0909. The molecule has 3 nitrogen and oxygen atoms in total. The zero-order valence-electron chi connectivity index (χ0n) is 8.32. The second-order valence-electron chi connectivity index (χ2n) is 3.20. The highest BCUT2D eigenvalue weighted by Crippen LogP contribution is 2.18. The van der Waals surface area contributed by atoms with E-state index < -0.39 is 0 Å². The summed E-state index contributed by atoms with van der Waals surface area (Å²) in [5.74, 6) is 0.801. The third-order valence-electron chi connectivity index (χ3n) is 2.02. The van der Waals surface area contributed by atoms with Gasteiger partial charge in [0.15, 0.2) is 0 Å². The van der Waals surface area contributed by atoms with Crippen LogP contribution >= 0.6 is 31.9 Å². The van der Waals surface area contributed by atoms with E-state index in [1.54, 1.807) is 6.20 Å². The second-order valence-corrected chi connectivity index (χ2v) is 4.97. The van der Waals surface area contributed by atoms with Gasteiger partial charge < -0.3 is 5.32 Å². The molecule has 5 heteroatoms. The van der Waals surface area contributed by atoms with E-state index in [2.05, 4.69) is 59.3 Å². The molecular formula is C11H9Br2N3. The van der Waals surface area contributed by atoms with E-state index in [0.717, 1.165) is 21.3 Å². The first-order valence-corrected chi connectivity index (χ1v) is 6.28. The van der Waals surface area contributed by atoms with Crippen molar-refractivity contribution in [3.63, 3.8) is 0 Å². The van der Waals surface area contributed by atoms with Crippen molar-refractivity contribution >= 4 is 37.7 Å². The molecule has 0 saturated heterocycles. The van der Waals surface area contributed by atoms with E-state index in [-0.39, 0.29) is 0 Å². The van der Waals surface area contributed by atoms with E-state index >= 15 is 0 Å². The fourth-order valence-electron chi connectivity index (χ4n) is 1.28. The highest BCUT2D eigenvalue weighted by molar-refractivity contribution is 9.10. The SMILES string of the molecule is Brc1cccc(CNc2ncncc2Br)c1. The Balaban J connectivity index is 2.05. The van der Waals surface area contributed by atoms with Crippen molar-refractivity contribution in [3.8, 4) is 0 Å². The topological polar surface area (TPSA) is 37.8 Å². The van der Waals surface area contributed by atoms with E-state index in [1.807, 2.05) is 12.1 Å². The first-order valence-electron chi connectivity index (χ1n) is 4.69. The highest BCUT2D eigenvalue weighted by atomic mass is 79.9. The average molecular weight is 343 g/mol. The number of nitrogens with zero attached hydrogens (tertiary/aromatic N) is 2. The molecule has 0 saturated carbocycles.